The minimum atomic E-state index is 0.252. The van der Waals surface area contributed by atoms with Crippen LogP contribution in [-0.2, 0) is 0 Å². The van der Waals surface area contributed by atoms with Crippen molar-refractivity contribution in [2.75, 3.05) is 7.05 Å². The standard InChI is InChI=1S/C15H18ClNO/c1-4-13(17-3)15-8-7-14(18-15)11-9-10(2)5-6-12(11)16/h5-9,13,17H,4H2,1-3H3. The predicted molar refractivity (Wildman–Crippen MR) is 76.0 cm³/mol. The lowest BCUT2D eigenvalue weighted by molar-refractivity contribution is 0.431. The van der Waals surface area contributed by atoms with Gasteiger partial charge in [-0.1, -0.05) is 30.2 Å². The summed E-state index contributed by atoms with van der Waals surface area (Å²) < 4.78 is 5.90. The lowest BCUT2D eigenvalue weighted by Crippen LogP contribution is -2.14. The highest BCUT2D eigenvalue weighted by molar-refractivity contribution is 6.33. The van der Waals surface area contributed by atoms with Crippen molar-refractivity contribution in [3.63, 3.8) is 0 Å². The zero-order valence-corrected chi connectivity index (χ0v) is 11.7. The molecule has 0 bridgehead atoms. The third kappa shape index (κ3) is 2.60. The number of hydrogen-bond acceptors (Lipinski definition) is 2. The fraction of sp³-hybridized carbons (Fsp3) is 0.333. The Kier molecular flexibility index (Phi) is 4.10. The van der Waals surface area contributed by atoms with Gasteiger partial charge in [0.05, 0.1) is 11.1 Å². The topological polar surface area (TPSA) is 25.2 Å². The van der Waals surface area contributed by atoms with Crippen molar-refractivity contribution >= 4 is 11.6 Å². The fourth-order valence-electron chi connectivity index (χ4n) is 2.06. The molecule has 0 radical (unpaired) electrons. The van der Waals surface area contributed by atoms with Crippen molar-refractivity contribution in [3.05, 3.63) is 46.7 Å². The van der Waals surface area contributed by atoms with E-state index in [1.807, 2.05) is 44.3 Å². The molecule has 1 N–H and O–H groups in total. The molecule has 0 aliphatic heterocycles. The molecule has 1 atom stereocenters. The molecule has 0 amide bonds. The van der Waals surface area contributed by atoms with Crippen LogP contribution in [0, 0.1) is 6.92 Å². The molecule has 1 heterocycles. The summed E-state index contributed by atoms with van der Waals surface area (Å²) in [4.78, 5) is 0. The zero-order chi connectivity index (χ0) is 13.1. The van der Waals surface area contributed by atoms with Gasteiger partial charge in [-0.15, -0.1) is 0 Å². The molecule has 2 nitrogen and oxygen atoms in total. The molecule has 0 saturated carbocycles. The largest absolute Gasteiger partial charge is 0.459 e. The van der Waals surface area contributed by atoms with Crippen molar-refractivity contribution in [3.8, 4) is 11.3 Å². The predicted octanol–water partition coefficient (Wildman–Crippen LogP) is 4.58. The van der Waals surface area contributed by atoms with E-state index in [0.717, 1.165) is 28.5 Å². The highest BCUT2D eigenvalue weighted by atomic mass is 35.5. The first kappa shape index (κ1) is 13.2. The van der Waals surface area contributed by atoms with Gasteiger partial charge < -0.3 is 9.73 Å². The maximum Gasteiger partial charge on any atom is 0.135 e. The molecule has 1 aromatic carbocycles. The molecule has 18 heavy (non-hydrogen) atoms. The van der Waals surface area contributed by atoms with Gasteiger partial charge in [0.25, 0.3) is 0 Å². The van der Waals surface area contributed by atoms with Crippen molar-refractivity contribution in [1.29, 1.82) is 0 Å². The molecular weight excluding hydrogens is 246 g/mol. The first-order valence-electron chi connectivity index (χ1n) is 6.19. The van der Waals surface area contributed by atoms with Crippen LogP contribution in [0.15, 0.2) is 34.7 Å². The normalized spacial score (nSPS) is 12.7. The van der Waals surface area contributed by atoms with Gasteiger partial charge in [0.15, 0.2) is 0 Å². The quantitative estimate of drug-likeness (QED) is 0.874. The Morgan fingerprint density at radius 3 is 2.72 bits per heavy atom. The lowest BCUT2D eigenvalue weighted by Gasteiger charge is -2.10. The van der Waals surface area contributed by atoms with Crippen LogP contribution < -0.4 is 5.32 Å². The van der Waals surface area contributed by atoms with Gasteiger partial charge in [0.2, 0.25) is 0 Å². The SMILES string of the molecule is CCC(NC)c1ccc(-c2cc(C)ccc2Cl)o1. The van der Waals surface area contributed by atoms with E-state index in [1.165, 1.54) is 5.56 Å². The summed E-state index contributed by atoms with van der Waals surface area (Å²) in [7, 11) is 1.94. The van der Waals surface area contributed by atoms with E-state index in [2.05, 4.69) is 12.2 Å². The number of benzene rings is 1. The second-order valence-electron chi connectivity index (χ2n) is 4.43. The third-order valence-corrected chi connectivity index (χ3v) is 3.44. The van der Waals surface area contributed by atoms with Gasteiger partial charge in [-0.3, -0.25) is 0 Å². The molecule has 0 fully saturated rings. The van der Waals surface area contributed by atoms with Crippen LogP contribution in [0.3, 0.4) is 0 Å². The second-order valence-corrected chi connectivity index (χ2v) is 4.84. The van der Waals surface area contributed by atoms with E-state index in [4.69, 9.17) is 16.0 Å². The smallest absolute Gasteiger partial charge is 0.135 e. The first-order chi connectivity index (χ1) is 8.65. The molecule has 1 aromatic heterocycles. The highest BCUT2D eigenvalue weighted by Gasteiger charge is 2.14. The Morgan fingerprint density at radius 2 is 2.06 bits per heavy atom. The average molecular weight is 264 g/mol. The second kappa shape index (κ2) is 5.59. The molecule has 96 valence electrons. The summed E-state index contributed by atoms with van der Waals surface area (Å²) in [6.07, 6.45) is 0.991. The first-order valence-corrected chi connectivity index (χ1v) is 6.57. The van der Waals surface area contributed by atoms with E-state index in [1.54, 1.807) is 0 Å². The van der Waals surface area contributed by atoms with Gasteiger partial charge in [0.1, 0.15) is 11.5 Å². The molecular formula is C15H18ClNO. The number of halogens is 1. The Morgan fingerprint density at radius 1 is 1.28 bits per heavy atom. The summed E-state index contributed by atoms with van der Waals surface area (Å²) in [5.74, 6) is 1.78. The van der Waals surface area contributed by atoms with Gasteiger partial charge in [-0.05, 0) is 44.7 Å². The molecule has 1 unspecified atom stereocenters. The Labute approximate surface area is 113 Å². The van der Waals surface area contributed by atoms with Crippen LogP contribution in [0.5, 0.6) is 0 Å². The maximum atomic E-state index is 6.21. The van der Waals surface area contributed by atoms with Gasteiger partial charge in [0, 0.05) is 5.56 Å². The van der Waals surface area contributed by atoms with Crippen molar-refractivity contribution < 1.29 is 4.42 Å². The molecule has 0 saturated heterocycles. The Hall–Kier alpha value is -1.25. The van der Waals surface area contributed by atoms with E-state index >= 15 is 0 Å². The molecule has 2 aromatic rings. The maximum absolute atomic E-state index is 6.21. The van der Waals surface area contributed by atoms with Crippen LogP contribution in [0.2, 0.25) is 5.02 Å². The lowest BCUT2D eigenvalue weighted by atomic mass is 10.1. The van der Waals surface area contributed by atoms with Crippen molar-refractivity contribution in [2.45, 2.75) is 26.3 Å². The molecule has 3 heteroatoms. The summed E-state index contributed by atoms with van der Waals surface area (Å²) in [6, 6.07) is 10.2. The third-order valence-electron chi connectivity index (χ3n) is 3.11. The van der Waals surface area contributed by atoms with Gasteiger partial charge in [-0.2, -0.15) is 0 Å². The van der Waals surface area contributed by atoms with Crippen molar-refractivity contribution in [1.82, 2.24) is 5.32 Å². The summed E-state index contributed by atoms with van der Waals surface area (Å²) >= 11 is 6.21. The minimum absolute atomic E-state index is 0.252. The minimum Gasteiger partial charge on any atom is -0.459 e. The molecule has 2 rings (SSSR count). The van der Waals surface area contributed by atoms with Crippen LogP contribution in [0.1, 0.15) is 30.7 Å². The molecule has 0 aliphatic rings. The highest BCUT2D eigenvalue weighted by Crippen LogP contribution is 2.32. The number of furan rings is 1. The molecule has 0 aliphatic carbocycles. The van der Waals surface area contributed by atoms with Crippen LogP contribution >= 0.6 is 11.6 Å². The fourth-order valence-corrected chi connectivity index (χ4v) is 2.27. The summed E-state index contributed by atoms with van der Waals surface area (Å²) in [5.41, 5.74) is 2.13. The monoisotopic (exact) mass is 263 g/mol. The number of aryl methyl sites for hydroxylation is 1. The summed E-state index contributed by atoms with van der Waals surface area (Å²) in [6.45, 7) is 4.18. The van der Waals surface area contributed by atoms with E-state index in [0.29, 0.717) is 0 Å². The van der Waals surface area contributed by atoms with Crippen LogP contribution in [0.4, 0.5) is 0 Å². The van der Waals surface area contributed by atoms with E-state index in [-0.39, 0.29) is 6.04 Å². The summed E-state index contributed by atoms with van der Waals surface area (Å²) in [5, 5.41) is 3.95. The number of rotatable bonds is 4. The Balaban J connectivity index is 2.37. The number of hydrogen-bond donors (Lipinski definition) is 1. The van der Waals surface area contributed by atoms with Crippen molar-refractivity contribution in [2.24, 2.45) is 0 Å². The molecule has 0 spiro atoms. The number of nitrogens with one attached hydrogen (secondary N) is 1. The van der Waals surface area contributed by atoms with Crippen LogP contribution in [-0.4, -0.2) is 7.05 Å². The zero-order valence-electron chi connectivity index (χ0n) is 11.0. The van der Waals surface area contributed by atoms with Gasteiger partial charge in [-0.25, -0.2) is 0 Å². The van der Waals surface area contributed by atoms with E-state index in [9.17, 15) is 0 Å². The Bertz CT molecular complexity index is 529. The van der Waals surface area contributed by atoms with E-state index < -0.39 is 0 Å². The van der Waals surface area contributed by atoms with Crippen LogP contribution in [0.25, 0.3) is 11.3 Å². The average Bonchev–Trinajstić information content (AvgIpc) is 2.83. The van der Waals surface area contributed by atoms with Gasteiger partial charge >= 0.3 is 0 Å².